The Labute approximate surface area is 172 Å². The number of carbonyl (C=O) groups is 1. The normalized spacial score (nSPS) is 11.3. The van der Waals surface area contributed by atoms with E-state index in [1.165, 1.54) is 12.1 Å². The van der Waals surface area contributed by atoms with E-state index < -0.39 is 22.7 Å². The van der Waals surface area contributed by atoms with E-state index in [2.05, 4.69) is 15.3 Å². The van der Waals surface area contributed by atoms with Crippen molar-refractivity contribution in [2.24, 2.45) is 0 Å². The SMILES string of the molecule is O=C(CSc1nc(-c2ccccc2)cc(=O)[nH]1)Nc1ccc(Cl)c(C(F)(F)F)c1. The maximum atomic E-state index is 12.9. The molecule has 3 rings (SSSR count). The molecule has 1 aromatic heterocycles. The van der Waals surface area contributed by atoms with Crippen molar-refractivity contribution < 1.29 is 18.0 Å². The van der Waals surface area contributed by atoms with Crippen LogP contribution in [-0.2, 0) is 11.0 Å². The van der Waals surface area contributed by atoms with Gasteiger partial charge >= 0.3 is 6.18 Å². The summed E-state index contributed by atoms with van der Waals surface area (Å²) in [5.74, 6) is -0.719. The van der Waals surface area contributed by atoms with Gasteiger partial charge in [0.25, 0.3) is 5.56 Å². The van der Waals surface area contributed by atoms with Crippen LogP contribution in [0.15, 0.2) is 64.5 Å². The third-order valence-corrected chi connectivity index (χ3v) is 4.89. The van der Waals surface area contributed by atoms with Crippen LogP contribution in [0.4, 0.5) is 18.9 Å². The third kappa shape index (κ3) is 5.61. The van der Waals surface area contributed by atoms with Gasteiger partial charge in [-0.05, 0) is 18.2 Å². The number of rotatable bonds is 5. The number of H-pyrrole nitrogens is 1. The molecule has 10 heteroatoms. The van der Waals surface area contributed by atoms with Crippen LogP contribution in [0.1, 0.15) is 5.56 Å². The lowest BCUT2D eigenvalue weighted by atomic mass is 10.1. The molecule has 0 spiro atoms. The van der Waals surface area contributed by atoms with Gasteiger partial charge in [-0.3, -0.25) is 9.59 Å². The van der Waals surface area contributed by atoms with Gasteiger partial charge in [-0.25, -0.2) is 4.98 Å². The van der Waals surface area contributed by atoms with Crippen molar-refractivity contribution in [3.8, 4) is 11.3 Å². The second kappa shape index (κ2) is 8.71. The lowest BCUT2D eigenvalue weighted by Crippen LogP contribution is -2.16. The maximum Gasteiger partial charge on any atom is 0.417 e. The van der Waals surface area contributed by atoms with E-state index in [0.29, 0.717) is 5.69 Å². The van der Waals surface area contributed by atoms with Crippen LogP contribution in [0.2, 0.25) is 5.02 Å². The largest absolute Gasteiger partial charge is 0.417 e. The van der Waals surface area contributed by atoms with Crippen molar-refractivity contribution in [2.75, 3.05) is 11.1 Å². The second-order valence-corrected chi connectivity index (χ2v) is 7.20. The molecule has 0 unspecified atom stereocenters. The number of thioether (sulfide) groups is 1. The molecule has 0 saturated heterocycles. The van der Waals surface area contributed by atoms with E-state index in [0.717, 1.165) is 29.5 Å². The number of nitrogens with zero attached hydrogens (tertiary/aromatic N) is 1. The zero-order chi connectivity index (χ0) is 21.0. The van der Waals surface area contributed by atoms with Crippen molar-refractivity contribution in [1.82, 2.24) is 9.97 Å². The highest BCUT2D eigenvalue weighted by atomic mass is 35.5. The number of hydrogen-bond acceptors (Lipinski definition) is 4. The summed E-state index contributed by atoms with van der Waals surface area (Å²) in [7, 11) is 0. The van der Waals surface area contributed by atoms with Crippen LogP contribution >= 0.6 is 23.4 Å². The van der Waals surface area contributed by atoms with E-state index in [1.807, 2.05) is 6.07 Å². The first-order valence-corrected chi connectivity index (χ1v) is 9.55. The fourth-order valence-electron chi connectivity index (χ4n) is 2.41. The molecule has 0 aliphatic rings. The minimum absolute atomic E-state index is 0.0354. The molecule has 1 amide bonds. The second-order valence-electron chi connectivity index (χ2n) is 5.83. The van der Waals surface area contributed by atoms with Crippen LogP contribution in [0, 0.1) is 0 Å². The quantitative estimate of drug-likeness (QED) is 0.440. The molecule has 1 heterocycles. The molecule has 2 aromatic carbocycles. The van der Waals surface area contributed by atoms with Gasteiger partial charge in [-0.2, -0.15) is 13.2 Å². The first-order chi connectivity index (χ1) is 13.7. The van der Waals surface area contributed by atoms with Crippen LogP contribution in [0.25, 0.3) is 11.3 Å². The van der Waals surface area contributed by atoms with Crippen molar-refractivity contribution in [3.05, 3.63) is 75.5 Å². The van der Waals surface area contributed by atoms with Crippen LogP contribution in [-0.4, -0.2) is 21.6 Å². The van der Waals surface area contributed by atoms with E-state index in [4.69, 9.17) is 11.6 Å². The first kappa shape index (κ1) is 20.9. The predicted molar refractivity (Wildman–Crippen MR) is 106 cm³/mol. The topological polar surface area (TPSA) is 74.8 Å². The summed E-state index contributed by atoms with van der Waals surface area (Å²) in [6, 6.07) is 13.5. The van der Waals surface area contributed by atoms with Gasteiger partial charge in [0.2, 0.25) is 5.91 Å². The standard InChI is InChI=1S/C19H13ClF3N3O2S/c20-14-7-6-12(8-13(14)19(21,22)23)24-17(28)10-29-18-25-15(9-16(27)26-18)11-4-2-1-3-5-11/h1-9H,10H2,(H,24,28)(H,25,26,27). The van der Waals surface area contributed by atoms with E-state index >= 15 is 0 Å². The van der Waals surface area contributed by atoms with Crippen molar-refractivity contribution >= 4 is 35.0 Å². The molecule has 0 aliphatic heterocycles. The molecule has 0 radical (unpaired) electrons. The molecule has 0 bridgehead atoms. The number of aromatic amines is 1. The summed E-state index contributed by atoms with van der Waals surface area (Å²) in [4.78, 5) is 30.8. The zero-order valence-electron chi connectivity index (χ0n) is 14.6. The molecular formula is C19H13ClF3N3O2S. The first-order valence-electron chi connectivity index (χ1n) is 8.18. The smallest absolute Gasteiger partial charge is 0.325 e. The van der Waals surface area contributed by atoms with E-state index in [9.17, 15) is 22.8 Å². The van der Waals surface area contributed by atoms with Crippen molar-refractivity contribution in [3.63, 3.8) is 0 Å². The van der Waals surface area contributed by atoms with Gasteiger partial charge in [0.05, 0.1) is 22.0 Å². The molecular weight excluding hydrogens is 427 g/mol. The summed E-state index contributed by atoms with van der Waals surface area (Å²) >= 11 is 6.52. The summed E-state index contributed by atoms with van der Waals surface area (Å²) in [5, 5.41) is 2.14. The Morgan fingerprint density at radius 2 is 1.86 bits per heavy atom. The number of amides is 1. The van der Waals surface area contributed by atoms with E-state index in [-0.39, 0.29) is 22.2 Å². The fraction of sp³-hybridized carbons (Fsp3) is 0.105. The highest BCUT2D eigenvalue weighted by Gasteiger charge is 2.33. The Morgan fingerprint density at radius 3 is 2.55 bits per heavy atom. The minimum Gasteiger partial charge on any atom is -0.325 e. The van der Waals surface area contributed by atoms with Crippen LogP contribution < -0.4 is 10.9 Å². The minimum atomic E-state index is -4.63. The van der Waals surface area contributed by atoms with Crippen LogP contribution in [0.3, 0.4) is 0 Å². The number of alkyl halides is 3. The predicted octanol–water partition coefficient (Wildman–Crippen LogP) is 4.84. The Kier molecular flexibility index (Phi) is 6.29. The number of nitrogens with one attached hydrogen (secondary N) is 2. The Balaban J connectivity index is 1.69. The van der Waals surface area contributed by atoms with Crippen molar-refractivity contribution in [1.29, 1.82) is 0 Å². The molecule has 150 valence electrons. The summed E-state index contributed by atoms with van der Waals surface area (Å²) in [5.41, 5.74) is -0.261. The molecule has 29 heavy (non-hydrogen) atoms. The molecule has 2 N–H and O–H groups in total. The van der Waals surface area contributed by atoms with Crippen LogP contribution in [0.5, 0.6) is 0 Å². The highest BCUT2D eigenvalue weighted by molar-refractivity contribution is 7.99. The number of anilines is 1. The lowest BCUT2D eigenvalue weighted by molar-refractivity contribution is -0.137. The maximum absolute atomic E-state index is 12.9. The number of hydrogen-bond donors (Lipinski definition) is 2. The monoisotopic (exact) mass is 439 g/mol. The molecule has 0 atom stereocenters. The molecule has 0 aliphatic carbocycles. The molecule has 5 nitrogen and oxygen atoms in total. The van der Waals surface area contributed by atoms with Gasteiger partial charge < -0.3 is 10.3 Å². The number of halogens is 4. The highest BCUT2D eigenvalue weighted by Crippen LogP contribution is 2.36. The van der Waals surface area contributed by atoms with Gasteiger partial charge in [0.1, 0.15) is 0 Å². The van der Waals surface area contributed by atoms with Gasteiger partial charge in [-0.15, -0.1) is 0 Å². The Hall–Kier alpha value is -2.78. The van der Waals surface area contributed by atoms with Gasteiger partial charge in [0.15, 0.2) is 5.16 Å². The summed E-state index contributed by atoms with van der Waals surface area (Å²) < 4.78 is 38.7. The summed E-state index contributed by atoms with van der Waals surface area (Å²) in [6.45, 7) is 0. The third-order valence-electron chi connectivity index (χ3n) is 3.68. The fourth-order valence-corrected chi connectivity index (χ4v) is 3.31. The van der Waals surface area contributed by atoms with Crippen molar-refractivity contribution in [2.45, 2.75) is 11.3 Å². The van der Waals surface area contributed by atoms with Gasteiger partial charge in [0, 0.05) is 17.3 Å². The summed E-state index contributed by atoms with van der Waals surface area (Å²) in [6.07, 6.45) is -4.63. The number of benzene rings is 2. The Bertz CT molecular complexity index is 1090. The molecule has 3 aromatic rings. The Morgan fingerprint density at radius 1 is 1.14 bits per heavy atom. The van der Waals surface area contributed by atoms with E-state index in [1.54, 1.807) is 24.3 Å². The molecule has 0 fully saturated rings. The number of carbonyl (C=O) groups excluding carboxylic acids is 1. The number of aromatic nitrogens is 2. The van der Waals surface area contributed by atoms with Gasteiger partial charge in [-0.1, -0.05) is 53.7 Å². The average molecular weight is 440 g/mol. The zero-order valence-corrected chi connectivity index (χ0v) is 16.2. The molecule has 0 saturated carbocycles. The lowest BCUT2D eigenvalue weighted by Gasteiger charge is -2.11. The average Bonchev–Trinajstić information content (AvgIpc) is 2.67.